The third-order valence-electron chi connectivity index (χ3n) is 5.71. The molecule has 5 rings (SSSR count). The molecule has 7 heteroatoms. The molecule has 4 aromatic rings. The fourth-order valence-corrected chi connectivity index (χ4v) is 4.04. The van der Waals surface area contributed by atoms with E-state index in [2.05, 4.69) is 16.0 Å². The van der Waals surface area contributed by atoms with Crippen LogP contribution in [0.25, 0.3) is 22.2 Å². The first-order chi connectivity index (χ1) is 15.7. The summed E-state index contributed by atoms with van der Waals surface area (Å²) in [5, 5.41) is 9.15. The molecule has 0 aliphatic carbocycles. The van der Waals surface area contributed by atoms with Crippen molar-refractivity contribution >= 4 is 11.0 Å². The first kappa shape index (κ1) is 20.3. The molecule has 2 N–H and O–H groups in total. The van der Waals surface area contributed by atoms with E-state index < -0.39 is 0 Å². The fraction of sp³-hybridized carbons (Fsp3) is 0.280. The maximum absolute atomic E-state index is 9.15. The van der Waals surface area contributed by atoms with E-state index in [-0.39, 0.29) is 12.5 Å². The van der Waals surface area contributed by atoms with Gasteiger partial charge in [0.15, 0.2) is 0 Å². The SMILES string of the molecule is COc1ccc2c(c1)CC(c1nc3cc(-c4ccncc4)cc(OCCCO)c3[nH]1)CO2. The van der Waals surface area contributed by atoms with Crippen molar-refractivity contribution in [1.29, 1.82) is 0 Å². The molecule has 0 amide bonds. The fourth-order valence-electron chi connectivity index (χ4n) is 4.04. The second-order valence-electron chi connectivity index (χ2n) is 7.84. The largest absolute Gasteiger partial charge is 0.497 e. The average Bonchev–Trinajstić information content (AvgIpc) is 3.28. The van der Waals surface area contributed by atoms with Crippen LogP contribution in [0, 0.1) is 0 Å². The number of hydrogen-bond donors (Lipinski definition) is 2. The summed E-state index contributed by atoms with van der Waals surface area (Å²) in [6.07, 6.45) is 4.92. The van der Waals surface area contributed by atoms with Crippen LogP contribution in [0.2, 0.25) is 0 Å². The third kappa shape index (κ3) is 3.99. The van der Waals surface area contributed by atoms with Gasteiger partial charge in [0, 0.05) is 25.4 Å². The lowest BCUT2D eigenvalue weighted by Crippen LogP contribution is -2.20. The van der Waals surface area contributed by atoms with Gasteiger partial charge in [0.2, 0.25) is 0 Å². The molecule has 0 saturated carbocycles. The molecule has 0 fully saturated rings. The number of H-pyrrole nitrogens is 1. The molecule has 1 unspecified atom stereocenters. The minimum atomic E-state index is 0.0870. The van der Waals surface area contributed by atoms with E-state index in [1.54, 1.807) is 19.5 Å². The molecule has 2 aromatic carbocycles. The standard InChI is InChI=1S/C25H25N3O4/c1-30-20-3-4-22-18(12-20)11-19(15-32-22)25-27-21-13-17(16-5-7-26-8-6-16)14-23(24(21)28-25)31-10-2-9-29/h3-8,12-14,19,29H,2,9-11,15H2,1H3,(H,27,28). The van der Waals surface area contributed by atoms with Gasteiger partial charge in [-0.15, -0.1) is 0 Å². The second kappa shape index (κ2) is 8.88. The number of imidazole rings is 1. The first-order valence-electron chi connectivity index (χ1n) is 10.7. The lowest BCUT2D eigenvalue weighted by molar-refractivity contribution is 0.234. The van der Waals surface area contributed by atoms with E-state index in [1.807, 2.05) is 36.4 Å². The highest BCUT2D eigenvalue weighted by Crippen LogP contribution is 2.37. The molecule has 0 saturated heterocycles. The van der Waals surface area contributed by atoms with Crippen LogP contribution in [-0.2, 0) is 6.42 Å². The van der Waals surface area contributed by atoms with Crippen LogP contribution in [0.15, 0.2) is 54.9 Å². The summed E-state index contributed by atoms with van der Waals surface area (Å²) >= 11 is 0. The number of fused-ring (bicyclic) bond motifs is 2. The predicted molar refractivity (Wildman–Crippen MR) is 121 cm³/mol. The summed E-state index contributed by atoms with van der Waals surface area (Å²) in [4.78, 5) is 12.5. The zero-order valence-corrected chi connectivity index (χ0v) is 17.9. The maximum Gasteiger partial charge on any atom is 0.145 e. The number of benzene rings is 2. The van der Waals surface area contributed by atoms with Crippen molar-refractivity contribution < 1.29 is 19.3 Å². The Morgan fingerprint density at radius 3 is 2.81 bits per heavy atom. The lowest BCUT2D eigenvalue weighted by Gasteiger charge is -2.24. The lowest BCUT2D eigenvalue weighted by atomic mass is 9.96. The highest BCUT2D eigenvalue weighted by atomic mass is 16.5. The third-order valence-corrected chi connectivity index (χ3v) is 5.71. The molecule has 1 aliphatic heterocycles. The van der Waals surface area contributed by atoms with E-state index in [9.17, 15) is 0 Å². The number of ether oxygens (including phenoxy) is 3. The van der Waals surface area contributed by atoms with E-state index in [0.29, 0.717) is 19.6 Å². The quantitative estimate of drug-likeness (QED) is 0.428. The van der Waals surface area contributed by atoms with E-state index in [4.69, 9.17) is 24.3 Å². The zero-order chi connectivity index (χ0) is 21.9. The molecular formula is C25H25N3O4. The van der Waals surface area contributed by atoms with Gasteiger partial charge in [0.05, 0.1) is 31.8 Å². The molecule has 2 aromatic heterocycles. The molecule has 1 atom stereocenters. The van der Waals surface area contributed by atoms with Crippen LogP contribution >= 0.6 is 0 Å². The van der Waals surface area contributed by atoms with Crippen LogP contribution in [0.3, 0.4) is 0 Å². The minimum Gasteiger partial charge on any atom is -0.497 e. The Hall–Kier alpha value is -3.58. The number of aromatic amines is 1. The van der Waals surface area contributed by atoms with Crippen molar-refractivity contribution in [3.05, 3.63) is 66.2 Å². The molecule has 3 heterocycles. The minimum absolute atomic E-state index is 0.0870. The van der Waals surface area contributed by atoms with E-state index in [1.165, 1.54) is 0 Å². The summed E-state index contributed by atoms with van der Waals surface area (Å²) < 4.78 is 17.4. The van der Waals surface area contributed by atoms with Gasteiger partial charge in [-0.1, -0.05) is 0 Å². The molecule has 0 radical (unpaired) electrons. The summed E-state index contributed by atoms with van der Waals surface area (Å²) in [5.74, 6) is 3.40. The number of rotatable bonds is 7. The number of hydrogen-bond acceptors (Lipinski definition) is 6. The molecule has 164 valence electrons. The number of nitrogens with zero attached hydrogens (tertiary/aromatic N) is 2. The summed E-state index contributed by atoms with van der Waals surface area (Å²) in [6.45, 7) is 1.07. The van der Waals surface area contributed by atoms with Crippen molar-refractivity contribution in [1.82, 2.24) is 15.0 Å². The predicted octanol–water partition coefficient (Wildman–Crippen LogP) is 4.11. The zero-order valence-electron chi connectivity index (χ0n) is 17.9. The molecule has 7 nitrogen and oxygen atoms in total. The van der Waals surface area contributed by atoms with Gasteiger partial charge in [-0.05, 0) is 65.6 Å². The van der Waals surface area contributed by atoms with Gasteiger partial charge in [-0.3, -0.25) is 4.98 Å². The summed E-state index contributed by atoms with van der Waals surface area (Å²) in [7, 11) is 1.67. The number of nitrogens with one attached hydrogen (secondary N) is 1. The van der Waals surface area contributed by atoms with Crippen molar-refractivity contribution in [2.45, 2.75) is 18.8 Å². The highest BCUT2D eigenvalue weighted by Gasteiger charge is 2.25. The Labute approximate surface area is 186 Å². The molecule has 0 bridgehead atoms. The van der Waals surface area contributed by atoms with Gasteiger partial charge in [-0.25, -0.2) is 4.98 Å². The normalized spacial score (nSPS) is 15.2. The second-order valence-corrected chi connectivity index (χ2v) is 7.84. The average molecular weight is 431 g/mol. The summed E-state index contributed by atoms with van der Waals surface area (Å²) in [5.41, 5.74) is 4.85. The Morgan fingerprint density at radius 2 is 2.00 bits per heavy atom. The number of aliphatic hydroxyl groups is 1. The first-order valence-corrected chi connectivity index (χ1v) is 10.7. The van der Waals surface area contributed by atoms with Gasteiger partial charge in [0.25, 0.3) is 0 Å². The maximum atomic E-state index is 9.15. The van der Waals surface area contributed by atoms with Crippen molar-refractivity contribution in [2.75, 3.05) is 26.9 Å². The molecule has 0 spiro atoms. The van der Waals surface area contributed by atoms with Crippen molar-refractivity contribution in [3.8, 4) is 28.4 Å². The number of pyridine rings is 1. The Bertz CT molecular complexity index is 1220. The Kier molecular flexibility index (Phi) is 5.64. The van der Waals surface area contributed by atoms with Crippen LogP contribution in [0.5, 0.6) is 17.2 Å². The van der Waals surface area contributed by atoms with Crippen molar-refractivity contribution in [2.24, 2.45) is 0 Å². The van der Waals surface area contributed by atoms with Crippen LogP contribution in [0.4, 0.5) is 0 Å². The van der Waals surface area contributed by atoms with Crippen molar-refractivity contribution in [3.63, 3.8) is 0 Å². The van der Waals surface area contributed by atoms with Gasteiger partial charge in [0.1, 0.15) is 28.6 Å². The number of aliphatic hydroxyl groups excluding tert-OH is 1. The molecular weight excluding hydrogens is 406 g/mol. The smallest absolute Gasteiger partial charge is 0.145 e. The van der Waals surface area contributed by atoms with Crippen LogP contribution in [-0.4, -0.2) is 47.0 Å². The van der Waals surface area contributed by atoms with Gasteiger partial charge >= 0.3 is 0 Å². The Balaban J connectivity index is 1.51. The summed E-state index contributed by atoms with van der Waals surface area (Å²) in [6, 6.07) is 13.9. The number of methoxy groups -OCH3 is 1. The monoisotopic (exact) mass is 431 g/mol. The molecule has 32 heavy (non-hydrogen) atoms. The molecule has 1 aliphatic rings. The van der Waals surface area contributed by atoms with Gasteiger partial charge < -0.3 is 24.3 Å². The van der Waals surface area contributed by atoms with E-state index in [0.717, 1.165) is 57.2 Å². The highest BCUT2D eigenvalue weighted by molar-refractivity contribution is 5.87. The number of aromatic nitrogens is 3. The van der Waals surface area contributed by atoms with Crippen LogP contribution < -0.4 is 14.2 Å². The topological polar surface area (TPSA) is 89.5 Å². The van der Waals surface area contributed by atoms with Gasteiger partial charge in [-0.2, -0.15) is 0 Å². The van der Waals surface area contributed by atoms with Crippen LogP contribution in [0.1, 0.15) is 23.7 Å². The Morgan fingerprint density at radius 1 is 1.12 bits per heavy atom. The van der Waals surface area contributed by atoms with E-state index >= 15 is 0 Å².